The van der Waals surface area contributed by atoms with Crippen LogP contribution in [-0.2, 0) is 0 Å². The lowest BCUT2D eigenvalue weighted by atomic mass is 10.1. The number of piperazine rings is 1. The van der Waals surface area contributed by atoms with E-state index < -0.39 is 0 Å². The van der Waals surface area contributed by atoms with Crippen molar-refractivity contribution in [3.8, 4) is 0 Å². The molecular formula is C15H21BrN2O2. The molecule has 20 heavy (non-hydrogen) atoms. The van der Waals surface area contributed by atoms with Gasteiger partial charge in [-0.2, -0.15) is 0 Å². The van der Waals surface area contributed by atoms with Crippen LogP contribution in [0, 0.1) is 0 Å². The van der Waals surface area contributed by atoms with E-state index in [-0.39, 0.29) is 18.6 Å². The molecule has 1 amide bonds. The second-order valence-electron chi connectivity index (χ2n) is 5.08. The first kappa shape index (κ1) is 15.5. The molecule has 0 aliphatic carbocycles. The molecule has 1 aliphatic heterocycles. The number of halogens is 1. The van der Waals surface area contributed by atoms with Crippen molar-refractivity contribution in [3.63, 3.8) is 0 Å². The number of hydrogen-bond donors (Lipinski definition) is 1. The maximum Gasteiger partial charge on any atom is 0.253 e. The molecule has 1 unspecified atom stereocenters. The van der Waals surface area contributed by atoms with Crippen molar-refractivity contribution in [1.29, 1.82) is 0 Å². The molecule has 1 N–H and O–H groups in total. The Balaban J connectivity index is 1.93. The highest BCUT2D eigenvalue weighted by molar-refractivity contribution is 9.10. The molecule has 1 aromatic rings. The number of aliphatic hydroxyl groups is 1. The lowest BCUT2D eigenvalue weighted by Gasteiger charge is -2.38. The van der Waals surface area contributed by atoms with E-state index in [1.54, 1.807) is 0 Å². The summed E-state index contributed by atoms with van der Waals surface area (Å²) in [6.07, 6.45) is 0.942. The van der Waals surface area contributed by atoms with E-state index >= 15 is 0 Å². The van der Waals surface area contributed by atoms with Crippen molar-refractivity contribution in [2.45, 2.75) is 19.4 Å². The van der Waals surface area contributed by atoms with Crippen LogP contribution in [0.2, 0.25) is 0 Å². The van der Waals surface area contributed by atoms with Crippen molar-refractivity contribution in [3.05, 3.63) is 34.3 Å². The zero-order valence-electron chi connectivity index (χ0n) is 11.8. The molecule has 1 atom stereocenters. The summed E-state index contributed by atoms with van der Waals surface area (Å²) in [6.45, 7) is 5.40. The number of aliphatic hydroxyl groups excluding tert-OH is 1. The number of carbonyl (C=O) groups is 1. The van der Waals surface area contributed by atoms with Crippen molar-refractivity contribution < 1.29 is 9.90 Å². The van der Waals surface area contributed by atoms with Gasteiger partial charge in [0, 0.05) is 42.3 Å². The Morgan fingerprint density at radius 3 is 2.35 bits per heavy atom. The maximum absolute atomic E-state index is 12.4. The van der Waals surface area contributed by atoms with Gasteiger partial charge in [-0.1, -0.05) is 22.9 Å². The molecule has 5 heteroatoms. The van der Waals surface area contributed by atoms with Gasteiger partial charge in [0.1, 0.15) is 0 Å². The van der Waals surface area contributed by atoms with Crippen LogP contribution in [0.3, 0.4) is 0 Å². The Morgan fingerprint density at radius 1 is 1.25 bits per heavy atom. The number of hydrogen-bond acceptors (Lipinski definition) is 3. The standard InChI is InChI=1S/C15H21BrN2O2/c1-2-14(11-19)17-7-9-18(10-8-17)15(20)12-3-5-13(16)6-4-12/h3-6,14,19H,2,7-11H2,1H3. The summed E-state index contributed by atoms with van der Waals surface area (Å²) in [7, 11) is 0. The Morgan fingerprint density at radius 2 is 1.85 bits per heavy atom. The summed E-state index contributed by atoms with van der Waals surface area (Å²) in [5.74, 6) is 0.0918. The summed E-state index contributed by atoms with van der Waals surface area (Å²) < 4.78 is 0.979. The minimum Gasteiger partial charge on any atom is -0.395 e. The second-order valence-corrected chi connectivity index (χ2v) is 6.00. The van der Waals surface area contributed by atoms with Gasteiger partial charge in [-0.15, -0.1) is 0 Å². The summed E-state index contributed by atoms with van der Waals surface area (Å²) in [5.41, 5.74) is 0.732. The smallest absolute Gasteiger partial charge is 0.253 e. The van der Waals surface area contributed by atoms with Crippen LogP contribution in [-0.4, -0.2) is 59.6 Å². The first-order chi connectivity index (χ1) is 9.65. The lowest BCUT2D eigenvalue weighted by Crippen LogP contribution is -2.52. The molecule has 0 aromatic heterocycles. The second kappa shape index (κ2) is 7.20. The summed E-state index contributed by atoms with van der Waals surface area (Å²) in [4.78, 5) is 16.5. The van der Waals surface area contributed by atoms with Gasteiger partial charge in [-0.25, -0.2) is 0 Å². The normalized spacial score (nSPS) is 18.1. The molecule has 0 radical (unpaired) electrons. The molecule has 1 aromatic carbocycles. The van der Waals surface area contributed by atoms with E-state index in [0.29, 0.717) is 0 Å². The van der Waals surface area contributed by atoms with Crippen molar-refractivity contribution in [1.82, 2.24) is 9.80 Å². The van der Waals surface area contributed by atoms with E-state index in [9.17, 15) is 9.90 Å². The van der Waals surface area contributed by atoms with Crippen LogP contribution >= 0.6 is 15.9 Å². The number of benzene rings is 1. The highest BCUT2D eigenvalue weighted by Crippen LogP contribution is 2.15. The van der Waals surface area contributed by atoms with Gasteiger partial charge in [-0.05, 0) is 30.7 Å². The van der Waals surface area contributed by atoms with Crippen molar-refractivity contribution >= 4 is 21.8 Å². The third-order valence-corrected chi connectivity index (χ3v) is 4.42. The largest absolute Gasteiger partial charge is 0.395 e. The van der Waals surface area contributed by atoms with Crippen LogP contribution in [0.25, 0.3) is 0 Å². The predicted molar refractivity (Wildman–Crippen MR) is 82.8 cm³/mol. The minimum absolute atomic E-state index is 0.0918. The Kier molecular flexibility index (Phi) is 5.57. The molecule has 4 nitrogen and oxygen atoms in total. The average molecular weight is 341 g/mol. The fourth-order valence-electron chi connectivity index (χ4n) is 2.57. The highest BCUT2D eigenvalue weighted by atomic mass is 79.9. The zero-order chi connectivity index (χ0) is 14.5. The molecular weight excluding hydrogens is 320 g/mol. The molecule has 0 bridgehead atoms. The first-order valence-corrected chi connectivity index (χ1v) is 7.84. The van der Waals surface area contributed by atoms with Crippen LogP contribution < -0.4 is 0 Å². The topological polar surface area (TPSA) is 43.8 Å². The average Bonchev–Trinajstić information content (AvgIpc) is 2.49. The van der Waals surface area contributed by atoms with Crippen LogP contribution in [0.4, 0.5) is 0 Å². The fourth-order valence-corrected chi connectivity index (χ4v) is 2.83. The molecule has 0 saturated carbocycles. The van der Waals surface area contributed by atoms with Crippen molar-refractivity contribution in [2.75, 3.05) is 32.8 Å². The van der Waals surface area contributed by atoms with Gasteiger partial charge in [-0.3, -0.25) is 9.69 Å². The number of nitrogens with zero attached hydrogens (tertiary/aromatic N) is 2. The molecule has 110 valence electrons. The van der Waals surface area contributed by atoms with Crippen LogP contribution in [0.1, 0.15) is 23.7 Å². The number of carbonyl (C=O) groups excluding carboxylic acids is 1. The summed E-state index contributed by atoms with van der Waals surface area (Å²) >= 11 is 3.37. The Labute approximate surface area is 128 Å². The van der Waals surface area contributed by atoms with Crippen molar-refractivity contribution in [2.24, 2.45) is 0 Å². The van der Waals surface area contributed by atoms with E-state index in [1.165, 1.54) is 0 Å². The maximum atomic E-state index is 12.4. The van der Waals surface area contributed by atoms with Gasteiger partial charge < -0.3 is 10.0 Å². The first-order valence-electron chi connectivity index (χ1n) is 7.05. The third kappa shape index (κ3) is 3.59. The molecule has 1 saturated heterocycles. The van der Waals surface area contributed by atoms with Gasteiger partial charge >= 0.3 is 0 Å². The Hall–Kier alpha value is -0.910. The van der Waals surface area contributed by atoms with E-state index in [2.05, 4.69) is 27.8 Å². The van der Waals surface area contributed by atoms with Crippen LogP contribution in [0.15, 0.2) is 28.7 Å². The quantitative estimate of drug-likeness (QED) is 0.911. The molecule has 1 fully saturated rings. The molecule has 1 heterocycles. The summed E-state index contributed by atoms with van der Waals surface area (Å²) in [6, 6.07) is 7.70. The van der Waals surface area contributed by atoms with Crippen LogP contribution in [0.5, 0.6) is 0 Å². The highest BCUT2D eigenvalue weighted by Gasteiger charge is 2.25. The summed E-state index contributed by atoms with van der Waals surface area (Å²) in [5, 5.41) is 9.33. The van der Waals surface area contributed by atoms with Gasteiger partial charge in [0.05, 0.1) is 6.61 Å². The predicted octanol–water partition coefficient (Wildman–Crippen LogP) is 1.98. The SMILES string of the molecule is CCC(CO)N1CCN(C(=O)c2ccc(Br)cc2)CC1. The minimum atomic E-state index is 0.0918. The Bertz CT molecular complexity index is 438. The number of amides is 1. The zero-order valence-corrected chi connectivity index (χ0v) is 13.3. The molecule has 1 aliphatic rings. The van der Waals surface area contributed by atoms with E-state index in [4.69, 9.17) is 0 Å². The fraction of sp³-hybridized carbons (Fsp3) is 0.533. The molecule has 0 spiro atoms. The van der Waals surface area contributed by atoms with E-state index in [0.717, 1.165) is 42.6 Å². The third-order valence-electron chi connectivity index (χ3n) is 3.89. The lowest BCUT2D eigenvalue weighted by molar-refractivity contribution is 0.0472. The van der Waals surface area contributed by atoms with Gasteiger partial charge in [0.2, 0.25) is 0 Å². The number of rotatable bonds is 4. The van der Waals surface area contributed by atoms with Gasteiger partial charge in [0.15, 0.2) is 0 Å². The van der Waals surface area contributed by atoms with Gasteiger partial charge in [0.25, 0.3) is 5.91 Å². The molecule has 2 rings (SSSR count). The monoisotopic (exact) mass is 340 g/mol. The van der Waals surface area contributed by atoms with E-state index in [1.807, 2.05) is 29.2 Å².